The van der Waals surface area contributed by atoms with E-state index in [4.69, 9.17) is 9.94 Å². The standard InChI is InChI=1S/C10H13N3O2/c14-5-8-3-9(12-15-8)10-4-11-6-13(10)7-1-2-7/h4,6-8,14H,1-3,5H2. The van der Waals surface area contributed by atoms with Crippen molar-refractivity contribution in [2.24, 2.45) is 5.16 Å². The second-order valence-corrected chi connectivity index (χ2v) is 4.07. The van der Waals surface area contributed by atoms with Crippen molar-refractivity contribution in [1.29, 1.82) is 0 Å². The molecule has 1 aliphatic carbocycles. The largest absolute Gasteiger partial charge is 0.392 e. The molecule has 1 aliphatic heterocycles. The summed E-state index contributed by atoms with van der Waals surface area (Å²) in [5, 5.41) is 12.9. The highest BCUT2D eigenvalue weighted by Crippen LogP contribution is 2.36. The minimum atomic E-state index is -0.178. The fourth-order valence-electron chi connectivity index (χ4n) is 1.85. The minimum absolute atomic E-state index is 0.0184. The van der Waals surface area contributed by atoms with Crippen LogP contribution in [0.5, 0.6) is 0 Å². The zero-order valence-electron chi connectivity index (χ0n) is 8.33. The van der Waals surface area contributed by atoms with E-state index in [0.29, 0.717) is 12.5 Å². The van der Waals surface area contributed by atoms with Crippen molar-refractivity contribution < 1.29 is 9.94 Å². The molecule has 0 spiro atoms. The number of hydrogen-bond acceptors (Lipinski definition) is 4. The highest BCUT2D eigenvalue weighted by atomic mass is 16.6. The number of oxime groups is 1. The number of imidazole rings is 1. The van der Waals surface area contributed by atoms with E-state index in [9.17, 15) is 0 Å². The third-order valence-electron chi connectivity index (χ3n) is 2.84. The average molecular weight is 207 g/mol. The summed E-state index contributed by atoms with van der Waals surface area (Å²) in [6.07, 6.45) is 6.61. The lowest BCUT2D eigenvalue weighted by atomic mass is 10.1. The van der Waals surface area contributed by atoms with E-state index in [1.54, 1.807) is 0 Å². The quantitative estimate of drug-likeness (QED) is 0.793. The van der Waals surface area contributed by atoms with Crippen LogP contribution in [0.1, 0.15) is 31.0 Å². The maximum absolute atomic E-state index is 8.95. The van der Waals surface area contributed by atoms with E-state index in [1.807, 2.05) is 12.5 Å². The van der Waals surface area contributed by atoms with Gasteiger partial charge in [0.1, 0.15) is 5.71 Å². The first-order chi connectivity index (χ1) is 7.38. The van der Waals surface area contributed by atoms with Gasteiger partial charge in [-0.3, -0.25) is 0 Å². The monoisotopic (exact) mass is 207 g/mol. The molecule has 1 fully saturated rings. The predicted octanol–water partition coefficient (Wildman–Crippen LogP) is 0.703. The second-order valence-electron chi connectivity index (χ2n) is 4.07. The van der Waals surface area contributed by atoms with Gasteiger partial charge < -0.3 is 14.5 Å². The van der Waals surface area contributed by atoms with Gasteiger partial charge in [0.05, 0.1) is 24.8 Å². The maximum atomic E-state index is 8.95. The van der Waals surface area contributed by atoms with Crippen molar-refractivity contribution in [3.63, 3.8) is 0 Å². The molecular weight excluding hydrogens is 194 g/mol. The van der Waals surface area contributed by atoms with Crippen LogP contribution < -0.4 is 0 Å². The molecule has 0 radical (unpaired) electrons. The van der Waals surface area contributed by atoms with Gasteiger partial charge in [0, 0.05) is 12.5 Å². The number of rotatable bonds is 3. The van der Waals surface area contributed by atoms with Crippen LogP contribution in [0.4, 0.5) is 0 Å². The summed E-state index contributed by atoms with van der Waals surface area (Å²) in [6, 6.07) is 0.596. The van der Waals surface area contributed by atoms with Gasteiger partial charge in [-0.15, -0.1) is 0 Å². The fraction of sp³-hybridized carbons (Fsp3) is 0.600. The van der Waals surface area contributed by atoms with Crippen LogP contribution >= 0.6 is 0 Å². The lowest BCUT2D eigenvalue weighted by Gasteiger charge is -2.04. The summed E-state index contributed by atoms with van der Waals surface area (Å²) >= 11 is 0. The normalized spacial score (nSPS) is 25.1. The van der Waals surface area contributed by atoms with Gasteiger partial charge in [-0.2, -0.15) is 0 Å². The van der Waals surface area contributed by atoms with Gasteiger partial charge >= 0.3 is 0 Å². The molecule has 2 heterocycles. The number of aliphatic hydroxyl groups excluding tert-OH is 1. The molecule has 1 N–H and O–H groups in total. The van der Waals surface area contributed by atoms with Crippen molar-refractivity contribution in [3.8, 4) is 0 Å². The summed E-state index contributed by atoms with van der Waals surface area (Å²) < 4.78 is 2.15. The Kier molecular flexibility index (Phi) is 1.98. The molecule has 1 unspecified atom stereocenters. The van der Waals surface area contributed by atoms with E-state index in [0.717, 1.165) is 11.4 Å². The van der Waals surface area contributed by atoms with E-state index in [2.05, 4.69) is 14.7 Å². The van der Waals surface area contributed by atoms with Gasteiger partial charge in [0.25, 0.3) is 0 Å². The molecule has 1 aromatic rings. The predicted molar refractivity (Wildman–Crippen MR) is 53.6 cm³/mol. The number of hydrogen-bond donors (Lipinski definition) is 1. The highest BCUT2D eigenvalue weighted by molar-refractivity contribution is 5.99. The Labute approximate surface area is 87.4 Å². The zero-order valence-corrected chi connectivity index (χ0v) is 8.33. The summed E-state index contributed by atoms with van der Waals surface area (Å²) in [4.78, 5) is 9.23. The van der Waals surface area contributed by atoms with Crippen LogP contribution in [0.25, 0.3) is 0 Å². The average Bonchev–Trinajstić information content (AvgIpc) is 2.83. The first-order valence-electron chi connectivity index (χ1n) is 5.24. The summed E-state index contributed by atoms with van der Waals surface area (Å²) in [6.45, 7) is 0.0184. The summed E-state index contributed by atoms with van der Waals surface area (Å²) in [5.41, 5.74) is 1.94. The zero-order chi connectivity index (χ0) is 10.3. The van der Waals surface area contributed by atoms with Crippen molar-refractivity contribution in [3.05, 3.63) is 18.2 Å². The van der Waals surface area contributed by atoms with E-state index in [1.165, 1.54) is 12.8 Å². The number of nitrogens with zero attached hydrogens (tertiary/aromatic N) is 3. The first-order valence-corrected chi connectivity index (χ1v) is 5.24. The molecule has 0 amide bonds. The molecular formula is C10H13N3O2. The lowest BCUT2D eigenvalue weighted by molar-refractivity contribution is 0.0390. The van der Waals surface area contributed by atoms with Crippen LogP contribution in [0, 0.1) is 0 Å². The molecule has 0 bridgehead atoms. The summed E-state index contributed by atoms with van der Waals surface area (Å²) in [5.74, 6) is 0. The first kappa shape index (κ1) is 8.91. The van der Waals surface area contributed by atoms with Gasteiger partial charge in [0.2, 0.25) is 0 Å². The molecule has 80 valence electrons. The van der Waals surface area contributed by atoms with Gasteiger partial charge in [-0.25, -0.2) is 4.98 Å². The second kappa shape index (κ2) is 3.34. The Morgan fingerprint density at radius 2 is 2.40 bits per heavy atom. The van der Waals surface area contributed by atoms with E-state index < -0.39 is 0 Å². The molecule has 3 rings (SSSR count). The van der Waals surface area contributed by atoms with Gasteiger partial charge in [0.15, 0.2) is 6.10 Å². The van der Waals surface area contributed by atoms with E-state index in [-0.39, 0.29) is 12.7 Å². The number of aliphatic hydroxyl groups is 1. The minimum Gasteiger partial charge on any atom is -0.392 e. The topological polar surface area (TPSA) is 59.6 Å². The SMILES string of the molecule is OCC1CC(c2cncn2C2CC2)=NO1. The van der Waals surface area contributed by atoms with Crippen LogP contribution in [0.2, 0.25) is 0 Å². The molecule has 15 heavy (non-hydrogen) atoms. The molecule has 1 saturated carbocycles. The lowest BCUT2D eigenvalue weighted by Crippen LogP contribution is -2.14. The molecule has 1 atom stereocenters. The fourth-order valence-corrected chi connectivity index (χ4v) is 1.85. The highest BCUT2D eigenvalue weighted by Gasteiger charge is 2.29. The van der Waals surface area contributed by atoms with Gasteiger partial charge in [-0.05, 0) is 12.8 Å². The van der Waals surface area contributed by atoms with Crippen molar-refractivity contribution >= 4 is 5.71 Å². The molecule has 0 saturated heterocycles. The van der Waals surface area contributed by atoms with Crippen molar-refractivity contribution in [1.82, 2.24) is 9.55 Å². The van der Waals surface area contributed by atoms with Crippen LogP contribution in [-0.2, 0) is 4.84 Å². The molecule has 5 nitrogen and oxygen atoms in total. The smallest absolute Gasteiger partial charge is 0.156 e. The maximum Gasteiger partial charge on any atom is 0.156 e. The van der Waals surface area contributed by atoms with Crippen molar-refractivity contribution in [2.75, 3.05) is 6.61 Å². The van der Waals surface area contributed by atoms with Crippen LogP contribution in [0.3, 0.4) is 0 Å². The molecule has 1 aromatic heterocycles. The Bertz CT molecular complexity index is 395. The third kappa shape index (κ3) is 1.52. The Morgan fingerprint density at radius 1 is 1.53 bits per heavy atom. The Morgan fingerprint density at radius 3 is 3.07 bits per heavy atom. The molecule has 5 heteroatoms. The third-order valence-corrected chi connectivity index (χ3v) is 2.84. The molecule has 0 aromatic carbocycles. The van der Waals surface area contributed by atoms with Gasteiger partial charge in [-0.1, -0.05) is 5.16 Å². The number of aromatic nitrogens is 2. The Balaban J connectivity index is 1.84. The summed E-state index contributed by atoms with van der Waals surface area (Å²) in [7, 11) is 0. The van der Waals surface area contributed by atoms with Crippen LogP contribution in [-0.4, -0.2) is 33.1 Å². The van der Waals surface area contributed by atoms with Crippen LogP contribution in [0.15, 0.2) is 17.7 Å². The van der Waals surface area contributed by atoms with Crippen molar-refractivity contribution in [2.45, 2.75) is 31.4 Å². The molecule has 2 aliphatic rings. The Hall–Kier alpha value is -1.36. The van der Waals surface area contributed by atoms with E-state index >= 15 is 0 Å².